The van der Waals surface area contributed by atoms with E-state index in [1.165, 1.54) is 0 Å². The number of benzene rings is 1. The maximum Gasteiger partial charge on any atom is 0.255 e. The minimum Gasteiger partial charge on any atom is -0.338 e. The third-order valence-corrected chi connectivity index (χ3v) is 3.91. The molecule has 0 spiro atoms. The topological polar surface area (TPSA) is 46.3 Å². The van der Waals surface area contributed by atoms with Gasteiger partial charge >= 0.3 is 0 Å². The van der Waals surface area contributed by atoms with E-state index in [1.807, 2.05) is 4.90 Å². The number of carbonyl (C=O) groups excluding carboxylic acids is 1. The van der Waals surface area contributed by atoms with E-state index in [0.717, 1.165) is 30.4 Å². The largest absolute Gasteiger partial charge is 0.338 e. The minimum atomic E-state index is 0. The van der Waals surface area contributed by atoms with Crippen molar-refractivity contribution in [2.24, 2.45) is 5.73 Å². The number of amides is 1. The Kier molecular flexibility index (Phi) is 5.92. The summed E-state index contributed by atoms with van der Waals surface area (Å²) < 4.78 is 0.779. The summed E-state index contributed by atoms with van der Waals surface area (Å²) >= 11 is 9.29. The first-order valence-corrected chi connectivity index (χ1v) is 6.75. The zero-order chi connectivity index (χ0) is 12.4. The molecule has 1 aromatic rings. The standard InChI is InChI=1S/C12H14BrClN2O.ClH/c13-11-2-1-8(14)7-10(11)12(17)16-5-3-9(15)4-6-16;/h1-2,7,9H,3-6,15H2;1H. The Morgan fingerprint density at radius 2 is 2.00 bits per heavy atom. The van der Waals surface area contributed by atoms with E-state index in [0.29, 0.717) is 10.6 Å². The lowest BCUT2D eigenvalue weighted by molar-refractivity contribution is 0.0714. The lowest BCUT2D eigenvalue weighted by Crippen LogP contribution is -2.42. The van der Waals surface area contributed by atoms with Gasteiger partial charge in [0.15, 0.2) is 0 Å². The Labute approximate surface area is 126 Å². The van der Waals surface area contributed by atoms with Crippen LogP contribution in [0.2, 0.25) is 5.02 Å². The van der Waals surface area contributed by atoms with E-state index >= 15 is 0 Å². The van der Waals surface area contributed by atoms with Crippen molar-refractivity contribution in [2.45, 2.75) is 18.9 Å². The predicted octanol–water partition coefficient (Wildman–Crippen LogP) is 3.09. The van der Waals surface area contributed by atoms with Crippen LogP contribution in [0.4, 0.5) is 0 Å². The molecular weight excluding hydrogens is 339 g/mol. The van der Waals surface area contributed by atoms with E-state index in [-0.39, 0.29) is 24.4 Å². The molecule has 1 amide bonds. The highest BCUT2D eigenvalue weighted by Gasteiger charge is 2.23. The van der Waals surface area contributed by atoms with Crippen LogP contribution in [-0.2, 0) is 0 Å². The Balaban J connectivity index is 0.00000162. The van der Waals surface area contributed by atoms with Gasteiger partial charge in [-0.1, -0.05) is 11.6 Å². The van der Waals surface area contributed by atoms with Gasteiger partial charge in [0.25, 0.3) is 5.91 Å². The van der Waals surface area contributed by atoms with Crippen LogP contribution in [0.1, 0.15) is 23.2 Å². The third kappa shape index (κ3) is 3.60. The average Bonchev–Trinajstić information content (AvgIpc) is 2.32. The molecule has 0 bridgehead atoms. The second-order valence-electron chi connectivity index (χ2n) is 4.25. The highest BCUT2D eigenvalue weighted by atomic mass is 79.9. The molecule has 18 heavy (non-hydrogen) atoms. The van der Waals surface area contributed by atoms with E-state index in [2.05, 4.69) is 15.9 Å². The van der Waals surface area contributed by atoms with Gasteiger partial charge in [-0.05, 0) is 47.0 Å². The first kappa shape index (κ1) is 15.8. The molecule has 1 aromatic carbocycles. The van der Waals surface area contributed by atoms with Crippen molar-refractivity contribution in [2.75, 3.05) is 13.1 Å². The maximum absolute atomic E-state index is 12.3. The maximum atomic E-state index is 12.3. The van der Waals surface area contributed by atoms with Gasteiger partial charge in [-0.15, -0.1) is 12.4 Å². The molecule has 100 valence electrons. The molecule has 2 N–H and O–H groups in total. The van der Waals surface area contributed by atoms with Crippen LogP contribution in [-0.4, -0.2) is 29.9 Å². The molecule has 0 saturated carbocycles. The van der Waals surface area contributed by atoms with Gasteiger partial charge in [0.05, 0.1) is 5.56 Å². The molecule has 0 aliphatic carbocycles. The summed E-state index contributed by atoms with van der Waals surface area (Å²) in [6.07, 6.45) is 1.73. The Hall–Kier alpha value is -0.290. The summed E-state index contributed by atoms with van der Waals surface area (Å²) in [6.45, 7) is 1.44. The first-order chi connectivity index (χ1) is 8.08. The quantitative estimate of drug-likeness (QED) is 0.843. The first-order valence-electron chi connectivity index (χ1n) is 5.58. The highest BCUT2D eigenvalue weighted by Crippen LogP contribution is 2.23. The van der Waals surface area contributed by atoms with Gasteiger partial charge in [0.2, 0.25) is 0 Å². The molecule has 1 saturated heterocycles. The van der Waals surface area contributed by atoms with Crippen LogP contribution in [0, 0.1) is 0 Å². The number of nitrogens with two attached hydrogens (primary N) is 1. The monoisotopic (exact) mass is 352 g/mol. The molecule has 1 heterocycles. The fourth-order valence-corrected chi connectivity index (χ4v) is 2.52. The normalized spacial score (nSPS) is 16.3. The predicted molar refractivity (Wildman–Crippen MR) is 79.5 cm³/mol. The van der Waals surface area contributed by atoms with Crippen molar-refractivity contribution < 1.29 is 4.79 Å². The summed E-state index contributed by atoms with van der Waals surface area (Å²) in [7, 11) is 0. The number of halogens is 3. The van der Waals surface area contributed by atoms with Crippen LogP contribution >= 0.6 is 39.9 Å². The molecular formula is C12H15BrCl2N2O. The smallest absolute Gasteiger partial charge is 0.255 e. The third-order valence-electron chi connectivity index (χ3n) is 2.99. The lowest BCUT2D eigenvalue weighted by atomic mass is 10.0. The van der Waals surface area contributed by atoms with Crippen LogP contribution in [0.3, 0.4) is 0 Å². The molecule has 1 aliphatic rings. The molecule has 1 fully saturated rings. The number of carbonyl (C=O) groups is 1. The van der Waals surface area contributed by atoms with Crippen molar-refractivity contribution in [3.8, 4) is 0 Å². The van der Waals surface area contributed by atoms with Crippen LogP contribution < -0.4 is 5.73 Å². The number of hydrogen-bond donors (Lipinski definition) is 1. The molecule has 0 aromatic heterocycles. The van der Waals surface area contributed by atoms with Gasteiger partial charge in [-0.2, -0.15) is 0 Å². The molecule has 2 rings (SSSR count). The molecule has 6 heteroatoms. The van der Waals surface area contributed by atoms with Crippen LogP contribution in [0.15, 0.2) is 22.7 Å². The van der Waals surface area contributed by atoms with Gasteiger partial charge in [0.1, 0.15) is 0 Å². The van der Waals surface area contributed by atoms with Crippen molar-refractivity contribution in [1.29, 1.82) is 0 Å². The highest BCUT2D eigenvalue weighted by molar-refractivity contribution is 9.10. The number of nitrogens with zero attached hydrogens (tertiary/aromatic N) is 1. The van der Waals surface area contributed by atoms with Crippen molar-refractivity contribution >= 4 is 45.8 Å². The Bertz CT molecular complexity index is 434. The van der Waals surface area contributed by atoms with Crippen LogP contribution in [0.25, 0.3) is 0 Å². The number of likely N-dealkylation sites (tertiary alicyclic amines) is 1. The summed E-state index contributed by atoms with van der Waals surface area (Å²) in [5, 5.41) is 0.574. The van der Waals surface area contributed by atoms with Gasteiger partial charge in [-0.25, -0.2) is 0 Å². The zero-order valence-corrected chi connectivity index (χ0v) is 12.9. The van der Waals surface area contributed by atoms with E-state index < -0.39 is 0 Å². The van der Waals surface area contributed by atoms with Gasteiger partial charge in [0, 0.05) is 28.6 Å². The van der Waals surface area contributed by atoms with Crippen molar-refractivity contribution in [1.82, 2.24) is 4.90 Å². The van der Waals surface area contributed by atoms with Crippen molar-refractivity contribution in [3.63, 3.8) is 0 Å². The van der Waals surface area contributed by atoms with Gasteiger partial charge in [-0.3, -0.25) is 4.79 Å². The fraction of sp³-hybridized carbons (Fsp3) is 0.417. The summed E-state index contributed by atoms with van der Waals surface area (Å²) in [4.78, 5) is 14.1. The number of hydrogen-bond acceptors (Lipinski definition) is 2. The summed E-state index contributed by atoms with van der Waals surface area (Å²) in [5.74, 6) is 0.0197. The van der Waals surface area contributed by atoms with Crippen LogP contribution in [0.5, 0.6) is 0 Å². The van der Waals surface area contributed by atoms with E-state index in [4.69, 9.17) is 17.3 Å². The molecule has 0 radical (unpaired) electrons. The molecule has 0 unspecified atom stereocenters. The molecule has 1 aliphatic heterocycles. The Morgan fingerprint density at radius 1 is 1.39 bits per heavy atom. The number of rotatable bonds is 1. The second-order valence-corrected chi connectivity index (χ2v) is 5.54. The van der Waals surface area contributed by atoms with E-state index in [1.54, 1.807) is 18.2 Å². The minimum absolute atomic E-state index is 0. The van der Waals surface area contributed by atoms with Gasteiger partial charge < -0.3 is 10.6 Å². The Morgan fingerprint density at radius 3 is 2.61 bits per heavy atom. The zero-order valence-electron chi connectivity index (χ0n) is 9.73. The number of piperidine rings is 1. The SMILES string of the molecule is Cl.NC1CCN(C(=O)c2cc(Cl)ccc2Br)CC1. The van der Waals surface area contributed by atoms with E-state index in [9.17, 15) is 4.79 Å². The fourth-order valence-electron chi connectivity index (χ4n) is 1.93. The molecule has 0 atom stereocenters. The van der Waals surface area contributed by atoms with Crippen molar-refractivity contribution in [3.05, 3.63) is 33.3 Å². The molecule has 3 nitrogen and oxygen atoms in total. The summed E-state index contributed by atoms with van der Waals surface area (Å²) in [6, 6.07) is 5.48. The second kappa shape index (κ2) is 6.75. The average molecular weight is 354 g/mol. The lowest BCUT2D eigenvalue weighted by Gasteiger charge is -2.30. The summed E-state index contributed by atoms with van der Waals surface area (Å²) in [5.41, 5.74) is 6.44.